The first-order valence-corrected chi connectivity index (χ1v) is 7.67. The van der Waals surface area contributed by atoms with Crippen LogP contribution in [0.25, 0.3) is 0 Å². The lowest BCUT2D eigenvalue weighted by Crippen LogP contribution is -2.41. The van der Waals surface area contributed by atoms with E-state index in [-0.39, 0.29) is 18.4 Å². The van der Waals surface area contributed by atoms with E-state index in [9.17, 15) is 14.7 Å². The Morgan fingerprint density at radius 1 is 1.29 bits per heavy atom. The molecule has 1 saturated carbocycles. The minimum Gasteiger partial charge on any atom is -0.481 e. The number of amides is 1. The summed E-state index contributed by atoms with van der Waals surface area (Å²) in [6.45, 7) is 2.03. The summed E-state index contributed by atoms with van der Waals surface area (Å²) in [4.78, 5) is 26.2. The first-order valence-electron chi connectivity index (χ1n) is 7.67. The van der Waals surface area contributed by atoms with Gasteiger partial charge in [-0.3, -0.25) is 9.59 Å². The van der Waals surface area contributed by atoms with Crippen LogP contribution in [-0.4, -0.2) is 23.0 Å². The van der Waals surface area contributed by atoms with Crippen LogP contribution in [0.3, 0.4) is 0 Å². The molecule has 21 heavy (non-hydrogen) atoms. The van der Waals surface area contributed by atoms with E-state index in [1.807, 2.05) is 31.2 Å². The molecule has 0 saturated heterocycles. The molecule has 1 aliphatic heterocycles. The van der Waals surface area contributed by atoms with Gasteiger partial charge in [-0.2, -0.15) is 0 Å². The van der Waals surface area contributed by atoms with E-state index in [0.717, 1.165) is 24.9 Å². The number of hydrogen-bond acceptors (Lipinski definition) is 2. The summed E-state index contributed by atoms with van der Waals surface area (Å²) < 4.78 is 0. The number of para-hydroxylation sites is 1. The number of nitrogens with zero attached hydrogens (tertiary/aromatic N) is 1. The molecule has 2 aliphatic rings. The van der Waals surface area contributed by atoms with Gasteiger partial charge in [0.2, 0.25) is 5.91 Å². The predicted octanol–water partition coefficient (Wildman–Crippen LogP) is 3.00. The van der Waals surface area contributed by atoms with E-state index >= 15 is 0 Å². The highest BCUT2D eigenvalue weighted by molar-refractivity contribution is 5.98. The fourth-order valence-electron chi connectivity index (χ4n) is 3.84. The minimum absolute atomic E-state index is 0.0447. The number of carboxylic acid groups (broad SMARTS) is 1. The average molecular weight is 287 g/mol. The molecule has 1 unspecified atom stereocenters. The minimum atomic E-state index is -0.839. The van der Waals surface area contributed by atoms with Crippen molar-refractivity contribution in [3.63, 3.8) is 0 Å². The number of carbonyl (C=O) groups is 2. The van der Waals surface area contributed by atoms with Crippen LogP contribution in [0.1, 0.15) is 44.6 Å². The molecule has 3 rings (SSSR count). The summed E-state index contributed by atoms with van der Waals surface area (Å²) in [7, 11) is 0. The number of hydrogen-bond donors (Lipinski definition) is 1. The fraction of sp³-hybridized carbons (Fsp3) is 0.529. The van der Waals surface area contributed by atoms with Crippen molar-refractivity contribution in [3.05, 3.63) is 29.8 Å². The SMILES string of the molecule is CC1Cc2ccccc2N1C(=O)CC1(C(=O)O)CCCC1. The van der Waals surface area contributed by atoms with Crippen molar-refractivity contribution in [1.29, 1.82) is 0 Å². The lowest BCUT2D eigenvalue weighted by atomic mass is 9.82. The van der Waals surface area contributed by atoms with E-state index in [2.05, 4.69) is 0 Å². The fourth-order valence-corrected chi connectivity index (χ4v) is 3.84. The molecule has 0 aromatic heterocycles. The van der Waals surface area contributed by atoms with Gasteiger partial charge in [0.25, 0.3) is 0 Å². The highest BCUT2D eigenvalue weighted by atomic mass is 16.4. The third-order valence-electron chi connectivity index (χ3n) is 4.98. The van der Waals surface area contributed by atoms with Crippen LogP contribution in [0.4, 0.5) is 5.69 Å². The van der Waals surface area contributed by atoms with Crippen LogP contribution < -0.4 is 4.90 Å². The molecule has 1 aromatic carbocycles. The molecule has 1 amide bonds. The van der Waals surface area contributed by atoms with Gasteiger partial charge < -0.3 is 10.0 Å². The Bertz CT molecular complexity index is 575. The topological polar surface area (TPSA) is 57.6 Å². The van der Waals surface area contributed by atoms with Gasteiger partial charge >= 0.3 is 5.97 Å². The van der Waals surface area contributed by atoms with Gasteiger partial charge in [-0.15, -0.1) is 0 Å². The Labute approximate surface area is 124 Å². The Kier molecular flexibility index (Phi) is 3.47. The molecule has 4 heteroatoms. The van der Waals surface area contributed by atoms with Crippen molar-refractivity contribution in [2.75, 3.05) is 4.90 Å². The summed E-state index contributed by atoms with van der Waals surface area (Å²) >= 11 is 0. The van der Waals surface area contributed by atoms with Crippen LogP contribution in [0.5, 0.6) is 0 Å². The van der Waals surface area contributed by atoms with Gasteiger partial charge in [-0.1, -0.05) is 31.0 Å². The smallest absolute Gasteiger partial charge is 0.310 e. The maximum Gasteiger partial charge on any atom is 0.310 e. The zero-order chi connectivity index (χ0) is 15.0. The highest BCUT2D eigenvalue weighted by Crippen LogP contribution is 2.43. The third-order valence-corrected chi connectivity index (χ3v) is 4.98. The number of aliphatic carboxylic acids is 1. The van der Waals surface area contributed by atoms with Crippen molar-refractivity contribution < 1.29 is 14.7 Å². The Balaban J connectivity index is 1.84. The van der Waals surface area contributed by atoms with Crippen molar-refractivity contribution in [3.8, 4) is 0 Å². The van der Waals surface area contributed by atoms with E-state index < -0.39 is 11.4 Å². The molecule has 1 atom stereocenters. The molecule has 1 heterocycles. The maximum absolute atomic E-state index is 12.7. The van der Waals surface area contributed by atoms with E-state index in [4.69, 9.17) is 0 Å². The first-order chi connectivity index (χ1) is 10.0. The summed E-state index contributed by atoms with van der Waals surface area (Å²) in [5.41, 5.74) is 1.29. The molecule has 0 bridgehead atoms. The molecule has 1 aromatic rings. The van der Waals surface area contributed by atoms with Gasteiger partial charge in [-0.25, -0.2) is 0 Å². The quantitative estimate of drug-likeness (QED) is 0.929. The van der Waals surface area contributed by atoms with Crippen LogP contribution >= 0.6 is 0 Å². The van der Waals surface area contributed by atoms with Crippen molar-refractivity contribution >= 4 is 17.6 Å². The molecular formula is C17H21NO3. The lowest BCUT2D eigenvalue weighted by molar-refractivity contribution is -0.151. The first kappa shape index (κ1) is 14.1. The second-order valence-electron chi connectivity index (χ2n) is 6.41. The van der Waals surface area contributed by atoms with Crippen molar-refractivity contribution in [2.45, 2.75) is 51.5 Å². The average Bonchev–Trinajstić information content (AvgIpc) is 3.02. The number of anilines is 1. The van der Waals surface area contributed by atoms with Gasteiger partial charge in [0, 0.05) is 18.2 Å². The third kappa shape index (κ3) is 2.33. The summed E-state index contributed by atoms with van der Waals surface area (Å²) in [5, 5.41) is 9.55. The van der Waals surface area contributed by atoms with E-state index in [1.54, 1.807) is 4.90 Å². The largest absolute Gasteiger partial charge is 0.481 e. The summed E-state index contributed by atoms with van der Waals surface area (Å²) in [5.74, 6) is -0.856. The Morgan fingerprint density at radius 3 is 2.62 bits per heavy atom. The molecule has 0 spiro atoms. The zero-order valence-electron chi connectivity index (χ0n) is 12.3. The van der Waals surface area contributed by atoms with Crippen LogP contribution in [-0.2, 0) is 16.0 Å². The number of carboxylic acids is 1. The molecule has 1 N–H and O–H groups in total. The van der Waals surface area contributed by atoms with Crippen LogP contribution in [0.2, 0.25) is 0 Å². The normalized spacial score (nSPS) is 23.1. The number of carbonyl (C=O) groups excluding carboxylic acids is 1. The summed E-state index contributed by atoms with van der Waals surface area (Å²) in [6, 6.07) is 8.03. The predicted molar refractivity (Wildman–Crippen MR) is 80.2 cm³/mol. The molecule has 1 fully saturated rings. The Hall–Kier alpha value is -1.84. The Morgan fingerprint density at radius 2 is 1.95 bits per heavy atom. The number of fused-ring (bicyclic) bond motifs is 1. The van der Waals surface area contributed by atoms with E-state index in [0.29, 0.717) is 12.8 Å². The van der Waals surface area contributed by atoms with Crippen molar-refractivity contribution in [2.24, 2.45) is 5.41 Å². The maximum atomic E-state index is 12.7. The lowest BCUT2D eigenvalue weighted by Gasteiger charge is -2.29. The van der Waals surface area contributed by atoms with Gasteiger partial charge in [0.05, 0.1) is 5.41 Å². The van der Waals surface area contributed by atoms with Crippen LogP contribution in [0, 0.1) is 5.41 Å². The molecule has 0 radical (unpaired) electrons. The number of benzene rings is 1. The summed E-state index contributed by atoms with van der Waals surface area (Å²) in [6.07, 6.45) is 4.04. The zero-order valence-corrected chi connectivity index (χ0v) is 12.3. The second kappa shape index (κ2) is 5.17. The van der Waals surface area contributed by atoms with E-state index in [1.165, 1.54) is 5.56 Å². The van der Waals surface area contributed by atoms with Gasteiger partial charge in [-0.05, 0) is 37.8 Å². The van der Waals surface area contributed by atoms with Crippen molar-refractivity contribution in [1.82, 2.24) is 0 Å². The van der Waals surface area contributed by atoms with Crippen LogP contribution in [0.15, 0.2) is 24.3 Å². The highest BCUT2D eigenvalue weighted by Gasteiger charge is 2.45. The monoisotopic (exact) mass is 287 g/mol. The van der Waals surface area contributed by atoms with Gasteiger partial charge in [0.1, 0.15) is 0 Å². The second-order valence-corrected chi connectivity index (χ2v) is 6.41. The molecule has 1 aliphatic carbocycles. The molecule has 112 valence electrons. The molecular weight excluding hydrogens is 266 g/mol. The van der Waals surface area contributed by atoms with Gasteiger partial charge in [0.15, 0.2) is 0 Å². The molecule has 4 nitrogen and oxygen atoms in total. The standard InChI is InChI=1S/C17H21NO3/c1-12-10-13-6-2-3-7-14(13)18(12)15(19)11-17(16(20)21)8-4-5-9-17/h2-3,6-7,12H,4-5,8-11H2,1H3,(H,20,21). The number of rotatable bonds is 3.